The number of nitrogens with one attached hydrogen (secondary N) is 1. The zero-order valence-electron chi connectivity index (χ0n) is 15.6. The van der Waals surface area contributed by atoms with Gasteiger partial charge in [0.25, 0.3) is 0 Å². The molecule has 25 heavy (non-hydrogen) atoms. The molecule has 1 aromatic carbocycles. The number of rotatable bonds is 8. The minimum atomic E-state index is 0.358. The zero-order chi connectivity index (χ0) is 17.5. The Labute approximate surface area is 152 Å². The van der Waals surface area contributed by atoms with Crippen LogP contribution in [-0.4, -0.2) is 29.0 Å². The van der Waals surface area contributed by atoms with E-state index in [0.717, 1.165) is 26.1 Å². The van der Waals surface area contributed by atoms with E-state index in [1.807, 2.05) is 12.3 Å². The fourth-order valence-electron chi connectivity index (χ4n) is 3.75. The first kappa shape index (κ1) is 18.1. The largest absolute Gasteiger partial charge is 0.308 e. The van der Waals surface area contributed by atoms with Gasteiger partial charge in [-0.1, -0.05) is 50.1 Å². The van der Waals surface area contributed by atoms with Gasteiger partial charge in [-0.25, -0.2) is 0 Å². The molecule has 0 radical (unpaired) electrons. The molecule has 3 rings (SSSR count). The summed E-state index contributed by atoms with van der Waals surface area (Å²) in [6.45, 7) is 7.78. The second-order valence-corrected chi connectivity index (χ2v) is 7.18. The van der Waals surface area contributed by atoms with Gasteiger partial charge in [0.05, 0.1) is 5.69 Å². The van der Waals surface area contributed by atoms with Gasteiger partial charge in [0.2, 0.25) is 0 Å². The number of hydrogen-bond acceptors (Lipinski definition) is 3. The highest BCUT2D eigenvalue weighted by Gasteiger charge is 2.23. The first-order valence-corrected chi connectivity index (χ1v) is 9.73. The van der Waals surface area contributed by atoms with Crippen LogP contribution in [0.2, 0.25) is 0 Å². The molecular weight excluding hydrogens is 306 g/mol. The molecule has 0 saturated carbocycles. The molecule has 1 aromatic heterocycles. The summed E-state index contributed by atoms with van der Waals surface area (Å²) in [6, 6.07) is 16.0. The van der Waals surface area contributed by atoms with Crippen molar-refractivity contribution < 1.29 is 0 Å². The van der Waals surface area contributed by atoms with Gasteiger partial charge in [-0.2, -0.15) is 0 Å². The number of aromatic nitrogens is 1. The molecule has 1 aliphatic rings. The van der Waals surface area contributed by atoms with Crippen LogP contribution in [0.3, 0.4) is 0 Å². The van der Waals surface area contributed by atoms with E-state index >= 15 is 0 Å². The number of fused-ring (bicyclic) bond motifs is 1. The lowest BCUT2D eigenvalue weighted by atomic mass is 9.95. The molecule has 0 amide bonds. The Balaban J connectivity index is 1.67. The van der Waals surface area contributed by atoms with Crippen LogP contribution in [0.25, 0.3) is 0 Å². The van der Waals surface area contributed by atoms with Gasteiger partial charge in [0, 0.05) is 31.4 Å². The summed E-state index contributed by atoms with van der Waals surface area (Å²) in [4.78, 5) is 7.21. The van der Waals surface area contributed by atoms with Gasteiger partial charge in [0.1, 0.15) is 0 Å². The third-order valence-electron chi connectivity index (χ3n) is 5.33. The van der Waals surface area contributed by atoms with Crippen LogP contribution in [0.5, 0.6) is 0 Å². The van der Waals surface area contributed by atoms with E-state index in [2.05, 4.69) is 65.4 Å². The SMILES string of the molecule is CCCCCN(C[C@H]1Cc2ccccc2CN1)[C@@H](C)c1ccccn1. The molecule has 0 unspecified atom stereocenters. The third kappa shape index (κ3) is 4.90. The predicted octanol–water partition coefficient (Wildman–Crippen LogP) is 4.35. The topological polar surface area (TPSA) is 28.2 Å². The Hall–Kier alpha value is -1.71. The molecule has 1 aliphatic heterocycles. The molecule has 3 heteroatoms. The van der Waals surface area contributed by atoms with E-state index < -0.39 is 0 Å². The van der Waals surface area contributed by atoms with E-state index in [1.165, 1.54) is 36.1 Å². The van der Waals surface area contributed by atoms with Crippen LogP contribution in [0.1, 0.15) is 56.0 Å². The molecule has 134 valence electrons. The van der Waals surface area contributed by atoms with Gasteiger partial charge >= 0.3 is 0 Å². The van der Waals surface area contributed by atoms with Crippen LogP contribution < -0.4 is 5.32 Å². The second-order valence-electron chi connectivity index (χ2n) is 7.18. The summed E-state index contributed by atoms with van der Waals surface area (Å²) < 4.78 is 0. The number of unbranched alkanes of at least 4 members (excludes halogenated alkanes) is 2. The average Bonchev–Trinajstić information content (AvgIpc) is 2.67. The fraction of sp³-hybridized carbons (Fsp3) is 0.500. The van der Waals surface area contributed by atoms with Crippen LogP contribution in [0.15, 0.2) is 48.7 Å². The van der Waals surface area contributed by atoms with Crippen molar-refractivity contribution in [3.8, 4) is 0 Å². The molecular formula is C22H31N3. The predicted molar refractivity (Wildman–Crippen MR) is 105 cm³/mol. The van der Waals surface area contributed by atoms with Crippen LogP contribution in [0.4, 0.5) is 0 Å². The summed E-state index contributed by atoms with van der Waals surface area (Å²) in [5.41, 5.74) is 4.13. The lowest BCUT2D eigenvalue weighted by Crippen LogP contribution is -2.45. The van der Waals surface area contributed by atoms with E-state index in [9.17, 15) is 0 Å². The fourth-order valence-corrected chi connectivity index (χ4v) is 3.75. The highest BCUT2D eigenvalue weighted by atomic mass is 15.2. The van der Waals surface area contributed by atoms with Crippen molar-refractivity contribution in [1.29, 1.82) is 0 Å². The van der Waals surface area contributed by atoms with E-state index in [-0.39, 0.29) is 0 Å². The van der Waals surface area contributed by atoms with Crippen LogP contribution in [-0.2, 0) is 13.0 Å². The van der Waals surface area contributed by atoms with Gasteiger partial charge in [-0.15, -0.1) is 0 Å². The molecule has 3 nitrogen and oxygen atoms in total. The van der Waals surface area contributed by atoms with Crippen molar-refractivity contribution in [2.75, 3.05) is 13.1 Å². The summed E-state index contributed by atoms with van der Waals surface area (Å²) in [7, 11) is 0. The maximum Gasteiger partial charge on any atom is 0.0572 e. The van der Waals surface area contributed by atoms with E-state index in [1.54, 1.807) is 0 Å². The molecule has 0 fully saturated rings. The Kier molecular flexibility index (Phi) is 6.60. The molecule has 2 aromatic rings. The quantitative estimate of drug-likeness (QED) is 0.726. The lowest BCUT2D eigenvalue weighted by Gasteiger charge is -2.35. The van der Waals surface area contributed by atoms with Crippen molar-refractivity contribution in [2.24, 2.45) is 0 Å². The summed E-state index contributed by atoms with van der Waals surface area (Å²) in [6.07, 6.45) is 6.85. The maximum absolute atomic E-state index is 4.59. The molecule has 2 atom stereocenters. The van der Waals surface area contributed by atoms with Crippen molar-refractivity contribution in [3.63, 3.8) is 0 Å². The molecule has 0 spiro atoms. The smallest absolute Gasteiger partial charge is 0.0572 e. The standard InChI is InChI=1S/C22H31N3/c1-3-4-9-14-25(18(2)22-12-7-8-13-23-22)17-21-15-19-10-5-6-11-20(19)16-24-21/h5-8,10-13,18,21,24H,3-4,9,14-17H2,1-2H3/t18-,21+/m0/s1. The number of hydrogen-bond donors (Lipinski definition) is 1. The monoisotopic (exact) mass is 337 g/mol. The molecule has 0 bridgehead atoms. The first-order valence-electron chi connectivity index (χ1n) is 9.73. The zero-order valence-corrected chi connectivity index (χ0v) is 15.6. The lowest BCUT2D eigenvalue weighted by molar-refractivity contribution is 0.177. The summed E-state index contributed by atoms with van der Waals surface area (Å²) in [5.74, 6) is 0. The minimum Gasteiger partial charge on any atom is -0.308 e. The maximum atomic E-state index is 4.59. The van der Waals surface area contributed by atoms with Crippen molar-refractivity contribution >= 4 is 0 Å². The van der Waals surface area contributed by atoms with Crippen LogP contribution in [0, 0.1) is 0 Å². The number of pyridine rings is 1. The second kappa shape index (κ2) is 9.12. The first-order chi connectivity index (χ1) is 12.3. The van der Waals surface area contributed by atoms with Crippen molar-refractivity contribution in [2.45, 2.75) is 58.2 Å². The van der Waals surface area contributed by atoms with Crippen LogP contribution >= 0.6 is 0 Å². The van der Waals surface area contributed by atoms with E-state index in [0.29, 0.717) is 12.1 Å². The Morgan fingerprint density at radius 1 is 1.12 bits per heavy atom. The van der Waals surface area contributed by atoms with Gasteiger partial charge in [0.15, 0.2) is 0 Å². The Bertz CT molecular complexity index is 641. The molecule has 1 N–H and O–H groups in total. The average molecular weight is 338 g/mol. The normalized spacial score (nSPS) is 18.1. The van der Waals surface area contributed by atoms with Crippen molar-refractivity contribution in [3.05, 3.63) is 65.5 Å². The molecule has 2 heterocycles. The Morgan fingerprint density at radius 3 is 2.68 bits per heavy atom. The third-order valence-corrected chi connectivity index (χ3v) is 5.33. The van der Waals surface area contributed by atoms with E-state index in [4.69, 9.17) is 0 Å². The number of nitrogens with zero attached hydrogens (tertiary/aromatic N) is 2. The molecule has 0 saturated heterocycles. The van der Waals surface area contributed by atoms with Crippen molar-refractivity contribution in [1.82, 2.24) is 15.2 Å². The number of benzene rings is 1. The Morgan fingerprint density at radius 2 is 1.92 bits per heavy atom. The summed E-state index contributed by atoms with van der Waals surface area (Å²) >= 11 is 0. The highest BCUT2D eigenvalue weighted by Crippen LogP contribution is 2.22. The molecule has 0 aliphatic carbocycles. The summed E-state index contributed by atoms with van der Waals surface area (Å²) in [5, 5.41) is 3.74. The van der Waals surface area contributed by atoms with Gasteiger partial charge in [-0.05, 0) is 49.6 Å². The minimum absolute atomic E-state index is 0.358. The van der Waals surface area contributed by atoms with Gasteiger partial charge < -0.3 is 5.32 Å². The highest BCUT2D eigenvalue weighted by molar-refractivity contribution is 5.30. The van der Waals surface area contributed by atoms with Gasteiger partial charge in [-0.3, -0.25) is 9.88 Å².